The number of aliphatic hydroxyl groups is 1. The summed E-state index contributed by atoms with van der Waals surface area (Å²) >= 11 is 6.14. The summed E-state index contributed by atoms with van der Waals surface area (Å²) in [7, 11) is 0. The van der Waals surface area contributed by atoms with Crippen molar-refractivity contribution in [1.29, 1.82) is 0 Å². The number of likely N-dealkylation sites (tertiary alicyclic amines) is 1. The van der Waals surface area contributed by atoms with Crippen molar-refractivity contribution in [1.82, 2.24) is 20.5 Å². The third-order valence-electron chi connectivity index (χ3n) is 8.24. The van der Waals surface area contributed by atoms with E-state index in [1.165, 1.54) is 11.0 Å². The van der Waals surface area contributed by atoms with Crippen molar-refractivity contribution in [3.8, 4) is 0 Å². The Hall–Kier alpha value is -3.12. The minimum atomic E-state index is -4.68. The average Bonchev–Trinajstić information content (AvgIpc) is 3.66. The molecule has 5 atom stereocenters. The quantitative estimate of drug-likeness (QED) is 0.408. The maximum absolute atomic E-state index is 13.7. The number of H-pyrrole nitrogens is 1. The number of nitrogens with one attached hydrogen (secondary N) is 3. The Kier molecular flexibility index (Phi) is 7.36. The van der Waals surface area contributed by atoms with Gasteiger partial charge in [0.05, 0.1) is 17.1 Å². The molecule has 2 aliphatic heterocycles. The first-order valence-electron chi connectivity index (χ1n) is 12.9. The summed E-state index contributed by atoms with van der Waals surface area (Å²) in [5, 5.41) is 14.9. The van der Waals surface area contributed by atoms with Gasteiger partial charge in [-0.2, -0.15) is 13.2 Å². The van der Waals surface area contributed by atoms with E-state index in [2.05, 4.69) is 15.6 Å². The molecule has 0 bridgehead atoms. The smallest absolute Gasteiger partial charge is 0.389 e. The Labute approximate surface area is 226 Å². The number of carbonyl (C=O) groups is 4. The lowest BCUT2D eigenvalue weighted by Gasteiger charge is -2.29. The lowest BCUT2D eigenvalue weighted by atomic mass is 9.92. The number of alkyl halides is 3. The lowest BCUT2D eigenvalue weighted by Crippen LogP contribution is -2.53. The zero-order chi connectivity index (χ0) is 28.1. The molecule has 3 amide bonds. The molecule has 5 rings (SSSR count). The number of ketones is 1. The fourth-order valence-electron chi connectivity index (χ4n) is 6.33. The molecule has 3 fully saturated rings. The topological polar surface area (TPSA) is 132 Å². The minimum absolute atomic E-state index is 0.0203. The van der Waals surface area contributed by atoms with Gasteiger partial charge in [-0.05, 0) is 55.7 Å². The molecule has 1 aromatic carbocycles. The van der Waals surface area contributed by atoms with Gasteiger partial charge in [-0.25, -0.2) is 0 Å². The fourth-order valence-corrected chi connectivity index (χ4v) is 6.55. The Morgan fingerprint density at radius 2 is 1.97 bits per heavy atom. The highest BCUT2D eigenvalue weighted by Crippen LogP contribution is 2.43. The SMILES string of the molecule is O=C1NCCC1CC(NC(=O)C1C2CCCC2CN1C(=O)c1cc2c(Cl)ccc(C(F)(F)F)c2[nH]1)C(=O)CO. The number of aliphatic hydroxyl groups excluding tert-OH is 1. The first-order chi connectivity index (χ1) is 18.5. The Morgan fingerprint density at radius 3 is 2.64 bits per heavy atom. The molecule has 0 radical (unpaired) electrons. The average molecular weight is 569 g/mol. The van der Waals surface area contributed by atoms with Gasteiger partial charge >= 0.3 is 6.18 Å². The molecule has 39 heavy (non-hydrogen) atoms. The lowest BCUT2D eigenvalue weighted by molar-refractivity contribution is -0.136. The van der Waals surface area contributed by atoms with E-state index in [4.69, 9.17) is 11.6 Å². The van der Waals surface area contributed by atoms with Crippen LogP contribution in [0.3, 0.4) is 0 Å². The van der Waals surface area contributed by atoms with Crippen molar-refractivity contribution in [3.63, 3.8) is 0 Å². The number of amides is 3. The molecule has 5 unspecified atom stereocenters. The predicted molar refractivity (Wildman–Crippen MR) is 134 cm³/mol. The second kappa shape index (κ2) is 10.5. The van der Waals surface area contributed by atoms with E-state index in [9.17, 15) is 37.5 Å². The third kappa shape index (κ3) is 5.11. The number of aromatic amines is 1. The van der Waals surface area contributed by atoms with Crippen molar-refractivity contribution < 1.29 is 37.5 Å². The van der Waals surface area contributed by atoms with Crippen LogP contribution in [0, 0.1) is 17.8 Å². The van der Waals surface area contributed by atoms with Gasteiger partial charge in [0.2, 0.25) is 11.8 Å². The summed E-state index contributed by atoms with van der Waals surface area (Å²) in [6, 6.07) is 1.15. The molecule has 1 aliphatic carbocycles. The number of nitrogens with zero attached hydrogens (tertiary/aromatic N) is 1. The third-order valence-corrected chi connectivity index (χ3v) is 8.57. The number of Topliss-reactive ketones (excluding diaryl/α,β-unsaturated/α-hetero) is 1. The minimum Gasteiger partial charge on any atom is -0.389 e. The number of halogens is 4. The van der Waals surface area contributed by atoms with E-state index in [-0.39, 0.29) is 52.3 Å². The molecule has 13 heteroatoms. The van der Waals surface area contributed by atoms with Gasteiger partial charge in [0.25, 0.3) is 5.91 Å². The van der Waals surface area contributed by atoms with Crippen LogP contribution in [0.4, 0.5) is 13.2 Å². The highest BCUT2D eigenvalue weighted by Gasteiger charge is 2.50. The Morgan fingerprint density at radius 1 is 1.21 bits per heavy atom. The summed E-state index contributed by atoms with van der Waals surface area (Å²) in [5.41, 5.74) is -1.41. The molecule has 0 spiro atoms. The monoisotopic (exact) mass is 568 g/mol. The first-order valence-corrected chi connectivity index (χ1v) is 13.3. The Balaban J connectivity index is 1.43. The highest BCUT2D eigenvalue weighted by molar-refractivity contribution is 6.35. The summed E-state index contributed by atoms with van der Waals surface area (Å²) in [5.74, 6) is -2.78. The van der Waals surface area contributed by atoms with Gasteiger partial charge in [-0.3, -0.25) is 19.2 Å². The molecular weight excluding hydrogens is 541 g/mol. The van der Waals surface area contributed by atoms with Crippen molar-refractivity contribution in [2.24, 2.45) is 17.8 Å². The summed E-state index contributed by atoms with van der Waals surface area (Å²) < 4.78 is 40.8. The van der Waals surface area contributed by atoms with Crippen molar-refractivity contribution in [2.45, 2.75) is 50.4 Å². The first kappa shape index (κ1) is 27.4. The van der Waals surface area contributed by atoms with Crippen LogP contribution in [0.2, 0.25) is 5.02 Å². The van der Waals surface area contributed by atoms with Crippen LogP contribution >= 0.6 is 11.6 Å². The van der Waals surface area contributed by atoms with Crippen LogP contribution in [-0.4, -0.2) is 70.3 Å². The molecule has 2 saturated heterocycles. The molecule has 1 saturated carbocycles. The number of aromatic nitrogens is 1. The molecule has 3 heterocycles. The fraction of sp³-hybridized carbons (Fsp3) is 0.538. The number of hydrogen-bond donors (Lipinski definition) is 4. The summed E-state index contributed by atoms with van der Waals surface area (Å²) in [6.07, 6.45) is -1.84. The molecule has 4 N–H and O–H groups in total. The van der Waals surface area contributed by atoms with Crippen LogP contribution in [0.1, 0.15) is 48.2 Å². The second-order valence-corrected chi connectivity index (χ2v) is 10.9. The molecule has 210 valence electrons. The van der Waals surface area contributed by atoms with Crippen LogP contribution in [0.15, 0.2) is 18.2 Å². The molecule has 3 aliphatic rings. The number of fused-ring (bicyclic) bond motifs is 2. The van der Waals surface area contributed by atoms with E-state index in [0.29, 0.717) is 19.4 Å². The van der Waals surface area contributed by atoms with Crippen LogP contribution in [0.5, 0.6) is 0 Å². The van der Waals surface area contributed by atoms with Crippen molar-refractivity contribution in [2.75, 3.05) is 19.7 Å². The van der Waals surface area contributed by atoms with Gasteiger partial charge in [0, 0.05) is 29.4 Å². The van der Waals surface area contributed by atoms with Gasteiger partial charge in [-0.15, -0.1) is 0 Å². The number of hydrogen-bond acceptors (Lipinski definition) is 5. The second-order valence-electron chi connectivity index (χ2n) is 10.5. The standard InChI is InChI=1S/C26H28ClF3N4O5/c27-17-5-4-16(26(28,29)30)21-15(17)9-19(32-21)25(39)34-10-13-2-1-3-14(13)22(34)24(38)33-18(20(36)11-35)8-12-6-7-31-23(12)37/h4-5,9,12-14,18,22,32,35H,1-3,6-8,10-11H2,(H,31,37)(H,33,38). The van der Waals surface area contributed by atoms with Gasteiger partial charge < -0.3 is 25.6 Å². The molecule has 9 nitrogen and oxygen atoms in total. The zero-order valence-corrected chi connectivity index (χ0v) is 21.6. The van der Waals surface area contributed by atoms with E-state index >= 15 is 0 Å². The molecular formula is C26H28ClF3N4O5. The van der Waals surface area contributed by atoms with Crippen LogP contribution < -0.4 is 10.6 Å². The molecule has 2 aromatic rings. The van der Waals surface area contributed by atoms with Gasteiger partial charge in [0.15, 0.2) is 5.78 Å². The van der Waals surface area contributed by atoms with E-state index in [1.807, 2.05) is 0 Å². The van der Waals surface area contributed by atoms with E-state index < -0.39 is 53.9 Å². The largest absolute Gasteiger partial charge is 0.418 e. The predicted octanol–water partition coefficient (Wildman–Crippen LogP) is 2.65. The van der Waals surface area contributed by atoms with Crippen LogP contribution in [0.25, 0.3) is 10.9 Å². The maximum Gasteiger partial charge on any atom is 0.418 e. The summed E-state index contributed by atoms with van der Waals surface area (Å²) in [4.78, 5) is 55.7. The number of carbonyl (C=O) groups excluding carboxylic acids is 4. The zero-order valence-electron chi connectivity index (χ0n) is 20.8. The van der Waals surface area contributed by atoms with Crippen molar-refractivity contribution >= 4 is 46.0 Å². The van der Waals surface area contributed by atoms with Gasteiger partial charge in [0.1, 0.15) is 18.3 Å². The molecule has 1 aromatic heterocycles. The van der Waals surface area contributed by atoms with E-state index in [0.717, 1.165) is 25.0 Å². The number of rotatable bonds is 7. The van der Waals surface area contributed by atoms with Crippen molar-refractivity contribution in [3.05, 3.63) is 34.5 Å². The van der Waals surface area contributed by atoms with Crippen LogP contribution in [-0.2, 0) is 20.6 Å². The Bertz CT molecular complexity index is 1330. The summed E-state index contributed by atoms with van der Waals surface area (Å²) in [6.45, 7) is -0.132. The highest BCUT2D eigenvalue weighted by atomic mass is 35.5. The van der Waals surface area contributed by atoms with Gasteiger partial charge in [-0.1, -0.05) is 18.0 Å². The maximum atomic E-state index is 13.7. The van der Waals surface area contributed by atoms with E-state index in [1.54, 1.807) is 0 Å². The normalized spacial score (nSPS) is 25.6. The number of benzene rings is 1.